The smallest absolute Gasteiger partial charge is 0.407 e. The van der Waals surface area contributed by atoms with E-state index in [0.29, 0.717) is 19.3 Å². The van der Waals surface area contributed by atoms with Crippen molar-refractivity contribution < 1.29 is 19.4 Å². The quantitative estimate of drug-likeness (QED) is 0.891. The number of nitrogens with one attached hydrogen (secondary N) is 1. The lowest BCUT2D eigenvalue weighted by atomic mass is 9.91. The van der Waals surface area contributed by atoms with Crippen LogP contribution in [0.2, 0.25) is 0 Å². The molecule has 0 heterocycles. The molecule has 2 aromatic rings. The average Bonchev–Trinajstić information content (AvgIpc) is 2.98. The first kappa shape index (κ1) is 16.8. The third-order valence-corrected chi connectivity index (χ3v) is 5.30. The van der Waals surface area contributed by atoms with Crippen LogP contribution in [0.1, 0.15) is 36.3 Å². The van der Waals surface area contributed by atoms with Crippen molar-refractivity contribution in [3.8, 4) is 11.1 Å². The minimum absolute atomic E-state index is 0.00828. The Kier molecular flexibility index (Phi) is 4.47. The number of Topliss-reactive ketones (excluding diaryl/α,β-unsaturated/α-hetero) is 1. The summed E-state index contributed by atoms with van der Waals surface area (Å²) in [5.74, 6) is -0.230. The van der Waals surface area contributed by atoms with Crippen molar-refractivity contribution in [1.82, 2.24) is 5.32 Å². The maximum Gasteiger partial charge on any atom is 0.407 e. The molecule has 0 aromatic heterocycles. The monoisotopic (exact) mass is 351 g/mol. The van der Waals surface area contributed by atoms with Gasteiger partial charge in [0.05, 0.1) is 6.04 Å². The molecule has 26 heavy (non-hydrogen) atoms. The molecular formula is C21H21NO4. The first-order valence-electron chi connectivity index (χ1n) is 8.97. The maximum absolute atomic E-state index is 12.2. The van der Waals surface area contributed by atoms with Crippen LogP contribution in [0.25, 0.3) is 11.1 Å². The topological polar surface area (TPSA) is 75.6 Å². The van der Waals surface area contributed by atoms with Crippen molar-refractivity contribution in [2.24, 2.45) is 0 Å². The molecule has 134 valence electrons. The lowest BCUT2D eigenvalue weighted by Gasteiger charge is -2.27. The second kappa shape index (κ2) is 6.92. The van der Waals surface area contributed by atoms with Gasteiger partial charge in [0, 0.05) is 12.3 Å². The van der Waals surface area contributed by atoms with E-state index in [1.165, 1.54) is 11.1 Å². The van der Waals surface area contributed by atoms with Crippen LogP contribution in [0.5, 0.6) is 0 Å². The number of carbonyl (C=O) groups excluding carboxylic acids is 2. The first-order valence-corrected chi connectivity index (χ1v) is 8.97. The first-order chi connectivity index (χ1) is 12.6. The van der Waals surface area contributed by atoms with Gasteiger partial charge in [0.2, 0.25) is 0 Å². The Balaban J connectivity index is 1.45. The number of amides is 1. The van der Waals surface area contributed by atoms with E-state index < -0.39 is 18.2 Å². The molecule has 2 unspecified atom stereocenters. The average molecular weight is 351 g/mol. The normalized spacial score (nSPS) is 21.8. The van der Waals surface area contributed by atoms with Gasteiger partial charge < -0.3 is 15.2 Å². The Morgan fingerprint density at radius 3 is 2.35 bits per heavy atom. The van der Waals surface area contributed by atoms with Crippen LogP contribution in [-0.2, 0) is 9.53 Å². The zero-order chi connectivity index (χ0) is 18.1. The summed E-state index contributed by atoms with van der Waals surface area (Å²) in [6.45, 7) is 0.219. The zero-order valence-corrected chi connectivity index (χ0v) is 14.4. The largest absolute Gasteiger partial charge is 0.449 e. The standard InChI is InChI=1S/C21H21NO4/c23-19-11-5-10-18(20(19)24)22-21(25)26-12-17-15-8-3-1-6-13(15)14-7-2-4-9-16(14)17/h1-4,6-9,17-18,20,24H,5,10-12H2,(H,22,25). The number of carbonyl (C=O) groups is 2. The van der Waals surface area contributed by atoms with E-state index in [1.54, 1.807) is 0 Å². The van der Waals surface area contributed by atoms with E-state index >= 15 is 0 Å². The zero-order valence-electron chi connectivity index (χ0n) is 14.4. The van der Waals surface area contributed by atoms with Crippen LogP contribution in [0, 0.1) is 0 Å². The van der Waals surface area contributed by atoms with Gasteiger partial charge in [0.25, 0.3) is 0 Å². The number of alkyl carbamates (subject to hydrolysis) is 1. The third kappa shape index (κ3) is 2.99. The highest BCUT2D eigenvalue weighted by Crippen LogP contribution is 2.44. The summed E-state index contributed by atoms with van der Waals surface area (Å²) in [4.78, 5) is 23.8. The molecule has 1 saturated carbocycles. The van der Waals surface area contributed by atoms with E-state index in [0.717, 1.165) is 11.1 Å². The highest BCUT2D eigenvalue weighted by atomic mass is 16.5. The number of fused-ring (bicyclic) bond motifs is 3. The minimum atomic E-state index is -1.13. The van der Waals surface area contributed by atoms with E-state index in [-0.39, 0.29) is 18.3 Å². The van der Waals surface area contributed by atoms with Gasteiger partial charge >= 0.3 is 6.09 Å². The Morgan fingerprint density at radius 1 is 1.08 bits per heavy atom. The van der Waals surface area contributed by atoms with Crippen molar-refractivity contribution in [2.75, 3.05) is 6.61 Å². The summed E-state index contributed by atoms with van der Waals surface area (Å²) in [7, 11) is 0. The predicted molar refractivity (Wildman–Crippen MR) is 96.9 cm³/mol. The van der Waals surface area contributed by atoms with Gasteiger partial charge in [-0.15, -0.1) is 0 Å². The molecule has 1 fully saturated rings. The lowest BCUT2D eigenvalue weighted by Crippen LogP contribution is -2.49. The van der Waals surface area contributed by atoms with E-state index in [2.05, 4.69) is 29.6 Å². The van der Waals surface area contributed by atoms with Crippen LogP contribution >= 0.6 is 0 Å². The molecule has 2 aliphatic rings. The Hall–Kier alpha value is -2.66. The molecule has 0 spiro atoms. The van der Waals surface area contributed by atoms with Crippen LogP contribution in [0.15, 0.2) is 48.5 Å². The maximum atomic E-state index is 12.2. The van der Waals surface area contributed by atoms with Crippen molar-refractivity contribution >= 4 is 11.9 Å². The summed E-state index contributed by atoms with van der Waals surface area (Å²) in [6.07, 6.45) is -0.111. The number of hydrogen-bond acceptors (Lipinski definition) is 4. The Labute approximate surface area is 152 Å². The van der Waals surface area contributed by atoms with Gasteiger partial charge in [0.1, 0.15) is 12.7 Å². The number of hydrogen-bond donors (Lipinski definition) is 2. The van der Waals surface area contributed by atoms with Crippen molar-refractivity contribution in [3.63, 3.8) is 0 Å². The molecule has 2 N–H and O–H groups in total. The fourth-order valence-electron chi connectivity index (χ4n) is 3.97. The highest BCUT2D eigenvalue weighted by Gasteiger charge is 2.32. The van der Waals surface area contributed by atoms with Crippen LogP contribution in [0.4, 0.5) is 4.79 Å². The Bertz CT molecular complexity index is 802. The number of benzene rings is 2. The molecular weight excluding hydrogens is 330 g/mol. The third-order valence-electron chi connectivity index (χ3n) is 5.30. The summed E-state index contributed by atoms with van der Waals surface area (Å²) in [5.41, 5.74) is 4.64. The van der Waals surface area contributed by atoms with Crippen LogP contribution < -0.4 is 5.32 Å². The van der Waals surface area contributed by atoms with Crippen LogP contribution in [0.3, 0.4) is 0 Å². The molecule has 1 amide bonds. The summed E-state index contributed by atoms with van der Waals surface area (Å²) >= 11 is 0. The SMILES string of the molecule is O=C(NC1CCCC(=O)C1O)OCC1c2ccccc2-c2ccccc21. The number of ketones is 1. The molecule has 0 bridgehead atoms. The molecule has 4 rings (SSSR count). The van der Waals surface area contributed by atoms with Crippen molar-refractivity contribution in [1.29, 1.82) is 0 Å². The number of aliphatic hydroxyl groups is 1. The second-order valence-corrected chi connectivity index (χ2v) is 6.88. The highest BCUT2D eigenvalue weighted by molar-refractivity contribution is 5.85. The molecule has 0 saturated heterocycles. The van der Waals surface area contributed by atoms with Gasteiger partial charge in [-0.25, -0.2) is 4.79 Å². The van der Waals surface area contributed by atoms with Gasteiger partial charge in [-0.05, 0) is 35.1 Å². The molecule has 0 aliphatic heterocycles. The molecule has 2 aromatic carbocycles. The fraction of sp³-hybridized carbons (Fsp3) is 0.333. The van der Waals surface area contributed by atoms with Crippen molar-refractivity contribution in [3.05, 3.63) is 59.7 Å². The van der Waals surface area contributed by atoms with Gasteiger partial charge in [-0.2, -0.15) is 0 Å². The molecule has 5 heteroatoms. The predicted octanol–water partition coefficient (Wildman–Crippen LogP) is 3.01. The number of rotatable bonds is 3. The van der Waals surface area contributed by atoms with Crippen LogP contribution in [-0.4, -0.2) is 35.7 Å². The Morgan fingerprint density at radius 2 is 1.69 bits per heavy atom. The van der Waals surface area contributed by atoms with Gasteiger partial charge in [-0.1, -0.05) is 48.5 Å². The van der Waals surface area contributed by atoms with E-state index in [1.807, 2.05) is 24.3 Å². The molecule has 0 radical (unpaired) electrons. The summed E-state index contributed by atoms with van der Waals surface area (Å²) < 4.78 is 5.45. The fourth-order valence-corrected chi connectivity index (χ4v) is 3.97. The molecule has 5 nitrogen and oxygen atoms in total. The van der Waals surface area contributed by atoms with E-state index in [9.17, 15) is 14.7 Å². The number of aliphatic hydroxyl groups excluding tert-OH is 1. The van der Waals surface area contributed by atoms with Gasteiger partial charge in [-0.3, -0.25) is 4.79 Å². The lowest BCUT2D eigenvalue weighted by molar-refractivity contribution is -0.130. The van der Waals surface area contributed by atoms with Crippen molar-refractivity contribution in [2.45, 2.75) is 37.3 Å². The molecule has 2 atom stereocenters. The van der Waals surface area contributed by atoms with Gasteiger partial charge in [0.15, 0.2) is 5.78 Å². The second-order valence-electron chi connectivity index (χ2n) is 6.88. The van der Waals surface area contributed by atoms with E-state index in [4.69, 9.17) is 4.74 Å². The minimum Gasteiger partial charge on any atom is -0.449 e. The summed E-state index contributed by atoms with van der Waals surface area (Å²) in [6, 6.07) is 15.7. The molecule has 2 aliphatic carbocycles. The number of ether oxygens (including phenoxy) is 1. The summed E-state index contributed by atoms with van der Waals surface area (Å²) in [5, 5.41) is 12.5.